The first kappa shape index (κ1) is 41.1. The second-order valence-corrected chi connectivity index (χ2v) is 17.4. The number of ether oxygens (including phenoxy) is 4. The van der Waals surface area contributed by atoms with Crippen LogP contribution in [0.5, 0.6) is 5.75 Å². The summed E-state index contributed by atoms with van der Waals surface area (Å²) in [5.74, 6) is 1.84. The molecule has 0 saturated carbocycles. The number of likely N-dealkylation sites (tertiary alicyclic amines) is 1. The van der Waals surface area contributed by atoms with Crippen LogP contribution in [0.15, 0.2) is 79.0 Å². The summed E-state index contributed by atoms with van der Waals surface area (Å²) in [5.41, 5.74) is 7.15. The second-order valence-electron chi connectivity index (χ2n) is 17.4. The normalized spacial score (nSPS) is 23.0. The smallest absolute Gasteiger partial charge is 0.407 e. The van der Waals surface area contributed by atoms with Crippen LogP contribution in [0.1, 0.15) is 73.5 Å². The maximum Gasteiger partial charge on any atom is 0.407 e. The van der Waals surface area contributed by atoms with Crippen LogP contribution in [0.25, 0.3) is 44.2 Å². The number of aromatic amines is 2. The SMILES string of the molecule is COCC1CC(c2ncc(-c3ccc4c(c3)COc3cc5c(ccc6[nH]c(C7CCC8CC(C)C(NC(=O)OC)C(=O)N87)nc65)cc3-4)[nH]2)N(C(=O)C(NC(=O)OC)c2ccccc2)C1. The quantitative estimate of drug-likeness (QED) is 0.117. The summed E-state index contributed by atoms with van der Waals surface area (Å²) in [6.07, 6.45) is 3.57. The van der Waals surface area contributed by atoms with E-state index >= 15 is 0 Å². The first-order chi connectivity index (χ1) is 31.1. The summed E-state index contributed by atoms with van der Waals surface area (Å²) in [7, 11) is 4.23. The second kappa shape index (κ2) is 16.6. The fourth-order valence-electron chi connectivity index (χ4n) is 10.4. The molecular weight excluding hydrogens is 817 g/mol. The Morgan fingerprint density at radius 2 is 1.73 bits per heavy atom. The molecule has 0 aliphatic carbocycles. The van der Waals surface area contributed by atoms with E-state index in [1.54, 1.807) is 18.2 Å². The number of nitrogens with zero attached hydrogens (tertiary/aromatic N) is 4. The van der Waals surface area contributed by atoms with Gasteiger partial charge in [0.15, 0.2) is 0 Å². The van der Waals surface area contributed by atoms with E-state index in [0.717, 1.165) is 80.6 Å². The van der Waals surface area contributed by atoms with Crippen LogP contribution < -0.4 is 15.4 Å². The van der Waals surface area contributed by atoms with Crippen molar-refractivity contribution in [2.75, 3.05) is 34.5 Å². The molecular formula is C48H50N8O8. The molecule has 16 heteroatoms. The number of alkyl carbamates (subject to hydrolysis) is 2. The Morgan fingerprint density at radius 1 is 0.906 bits per heavy atom. The highest BCUT2D eigenvalue weighted by Crippen LogP contribution is 2.45. The number of fused-ring (bicyclic) bond motifs is 7. The molecule has 0 radical (unpaired) electrons. The largest absolute Gasteiger partial charge is 0.488 e. The molecule has 0 spiro atoms. The van der Waals surface area contributed by atoms with Crippen molar-refractivity contribution in [1.29, 1.82) is 0 Å². The van der Waals surface area contributed by atoms with Gasteiger partial charge in [-0.25, -0.2) is 19.6 Å². The van der Waals surface area contributed by atoms with Gasteiger partial charge in [0.05, 0.1) is 55.8 Å². The van der Waals surface area contributed by atoms with Gasteiger partial charge in [-0.1, -0.05) is 55.5 Å². The minimum Gasteiger partial charge on any atom is -0.488 e. The molecule has 3 saturated heterocycles. The number of benzene rings is 4. The first-order valence-corrected chi connectivity index (χ1v) is 21.8. The highest BCUT2D eigenvalue weighted by atomic mass is 16.5. The Labute approximate surface area is 369 Å². The van der Waals surface area contributed by atoms with E-state index in [2.05, 4.69) is 57.0 Å². The minimum absolute atomic E-state index is 0.00648. The number of nitrogens with one attached hydrogen (secondary N) is 4. The van der Waals surface area contributed by atoms with E-state index in [1.165, 1.54) is 14.2 Å². The van der Waals surface area contributed by atoms with Crippen LogP contribution in [0.3, 0.4) is 0 Å². The topological polar surface area (TPSA) is 193 Å². The Hall–Kier alpha value is -6.94. The van der Waals surface area contributed by atoms with Crippen molar-refractivity contribution in [3.63, 3.8) is 0 Å². The molecule has 10 rings (SSSR count). The fourth-order valence-corrected chi connectivity index (χ4v) is 10.4. The van der Waals surface area contributed by atoms with E-state index in [-0.39, 0.29) is 41.8 Å². The molecule has 4 N–H and O–H groups in total. The zero-order chi connectivity index (χ0) is 44.2. The van der Waals surface area contributed by atoms with Gasteiger partial charge < -0.3 is 49.3 Å². The molecule has 2 aromatic heterocycles. The Bertz CT molecular complexity index is 2790. The number of piperidine rings is 1. The molecule has 0 bridgehead atoms. The highest BCUT2D eigenvalue weighted by molar-refractivity contribution is 6.07. The summed E-state index contributed by atoms with van der Waals surface area (Å²) < 4.78 is 21.7. The van der Waals surface area contributed by atoms with Crippen LogP contribution in [0, 0.1) is 11.8 Å². The maximum absolute atomic E-state index is 14.3. The van der Waals surface area contributed by atoms with Crippen molar-refractivity contribution >= 4 is 45.8 Å². The van der Waals surface area contributed by atoms with Crippen LogP contribution >= 0.6 is 0 Å². The third-order valence-corrected chi connectivity index (χ3v) is 13.5. The van der Waals surface area contributed by atoms with E-state index in [9.17, 15) is 19.2 Å². The lowest BCUT2D eigenvalue weighted by Gasteiger charge is -2.41. The summed E-state index contributed by atoms with van der Waals surface area (Å²) in [6, 6.07) is 21.6. The van der Waals surface area contributed by atoms with Crippen LogP contribution in [-0.2, 0) is 30.4 Å². The molecule has 64 heavy (non-hydrogen) atoms. The lowest BCUT2D eigenvalue weighted by Crippen LogP contribution is -2.58. The Morgan fingerprint density at radius 3 is 2.53 bits per heavy atom. The van der Waals surface area contributed by atoms with Crippen LogP contribution in [0.2, 0.25) is 0 Å². The van der Waals surface area contributed by atoms with E-state index in [0.29, 0.717) is 37.6 Å². The molecule has 6 aromatic rings. The number of amides is 4. The van der Waals surface area contributed by atoms with Gasteiger partial charge in [-0.3, -0.25) is 9.59 Å². The van der Waals surface area contributed by atoms with E-state index in [1.807, 2.05) is 48.2 Å². The van der Waals surface area contributed by atoms with Gasteiger partial charge >= 0.3 is 12.2 Å². The highest BCUT2D eigenvalue weighted by Gasteiger charge is 2.48. The van der Waals surface area contributed by atoms with Gasteiger partial charge in [0.25, 0.3) is 5.91 Å². The van der Waals surface area contributed by atoms with Gasteiger partial charge in [-0.2, -0.15) is 0 Å². The molecule has 7 unspecified atom stereocenters. The monoisotopic (exact) mass is 866 g/mol. The molecule has 4 aliphatic rings. The molecule has 4 aromatic carbocycles. The molecule has 7 atom stereocenters. The summed E-state index contributed by atoms with van der Waals surface area (Å²) >= 11 is 0. The summed E-state index contributed by atoms with van der Waals surface area (Å²) in [6.45, 7) is 3.28. The predicted molar refractivity (Wildman–Crippen MR) is 236 cm³/mol. The number of rotatable bonds is 9. The average Bonchev–Trinajstić information content (AvgIpc) is 4.15. The van der Waals surface area contributed by atoms with Crippen molar-refractivity contribution in [1.82, 2.24) is 40.4 Å². The van der Waals surface area contributed by atoms with E-state index < -0.39 is 24.3 Å². The van der Waals surface area contributed by atoms with Crippen molar-refractivity contribution < 1.29 is 38.1 Å². The van der Waals surface area contributed by atoms with Gasteiger partial charge in [0, 0.05) is 36.6 Å². The summed E-state index contributed by atoms with van der Waals surface area (Å²) in [5, 5.41) is 7.45. The average molecular weight is 867 g/mol. The first-order valence-electron chi connectivity index (χ1n) is 21.8. The maximum atomic E-state index is 14.3. The number of imidazole rings is 2. The number of carbonyl (C=O) groups excluding carboxylic acids is 4. The molecule has 3 fully saturated rings. The lowest BCUT2D eigenvalue weighted by molar-refractivity contribution is -0.142. The van der Waals surface area contributed by atoms with Gasteiger partial charge in [0.2, 0.25) is 5.91 Å². The van der Waals surface area contributed by atoms with Crippen molar-refractivity contribution in [2.24, 2.45) is 11.8 Å². The standard InChI is InChI=1S/C48H50N8O8/c1-25-16-31-12-15-37(56(31)46(58)40(25)53-47(59)62-3)44-50-35-14-11-28-19-34-32-13-10-29(18-30(32)24-64-39(34)20-33(28)42(35)52-44)36-21-49-43(51-36)38-17-26(23-61-2)22-55(38)45(57)41(54-48(60)63-4)27-8-6-5-7-9-27/h5-11,13-14,18-21,25-26,31,37-38,40-41H,12,15-17,22-24H2,1-4H3,(H,49,51)(H,50,52)(H,53,59)(H,54,60). The van der Waals surface area contributed by atoms with Gasteiger partial charge in [0.1, 0.15) is 36.1 Å². The number of aromatic nitrogens is 4. The molecule has 6 heterocycles. The molecule has 330 valence electrons. The van der Waals surface area contributed by atoms with Crippen LogP contribution in [-0.4, -0.2) is 100 Å². The summed E-state index contributed by atoms with van der Waals surface area (Å²) in [4.78, 5) is 73.3. The zero-order valence-electron chi connectivity index (χ0n) is 36.1. The third-order valence-electron chi connectivity index (χ3n) is 13.5. The number of H-pyrrole nitrogens is 2. The van der Waals surface area contributed by atoms with Crippen molar-refractivity contribution in [3.05, 3.63) is 102 Å². The zero-order valence-corrected chi connectivity index (χ0v) is 36.1. The van der Waals surface area contributed by atoms with E-state index in [4.69, 9.17) is 28.9 Å². The fraction of sp³-hybridized carbons (Fsp3) is 0.375. The van der Waals surface area contributed by atoms with Crippen molar-refractivity contribution in [2.45, 2.75) is 69.4 Å². The van der Waals surface area contributed by atoms with Crippen molar-refractivity contribution in [3.8, 4) is 28.1 Å². The Balaban J connectivity index is 0.907. The molecule has 16 nitrogen and oxygen atoms in total. The Kier molecular flexibility index (Phi) is 10.7. The minimum atomic E-state index is -0.946. The number of methoxy groups -OCH3 is 3. The van der Waals surface area contributed by atoms with Gasteiger partial charge in [-0.05, 0) is 83.5 Å². The molecule has 4 aliphatic heterocycles. The van der Waals surface area contributed by atoms with Gasteiger partial charge in [-0.15, -0.1) is 0 Å². The third kappa shape index (κ3) is 7.24. The lowest BCUT2D eigenvalue weighted by atomic mass is 9.88. The number of hydrogen-bond acceptors (Lipinski definition) is 10. The van der Waals surface area contributed by atoms with Crippen LogP contribution in [0.4, 0.5) is 9.59 Å². The predicted octanol–water partition coefficient (Wildman–Crippen LogP) is 7.10. The number of hydrogen-bond donors (Lipinski definition) is 4. The molecule has 4 amide bonds. The number of carbonyl (C=O) groups is 4.